The molecule has 0 radical (unpaired) electrons. The third-order valence-corrected chi connectivity index (χ3v) is 3.77. The Morgan fingerprint density at radius 1 is 1.05 bits per heavy atom. The number of hydrogen-bond donors (Lipinski definition) is 1. The molecule has 116 valence electrons. The van der Waals surface area contributed by atoms with Crippen molar-refractivity contribution in [3.8, 4) is 0 Å². The summed E-state index contributed by atoms with van der Waals surface area (Å²) in [5.41, 5.74) is -5.43. The maximum atomic E-state index is 12.3. The predicted octanol–water partition coefficient (Wildman–Crippen LogP) is 3.92. The van der Waals surface area contributed by atoms with Gasteiger partial charge in [-0.2, -0.15) is 21.6 Å². The van der Waals surface area contributed by atoms with Crippen molar-refractivity contribution in [3.63, 3.8) is 0 Å². The van der Waals surface area contributed by atoms with Crippen molar-refractivity contribution in [1.29, 1.82) is 0 Å². The molecule has 0 heterocycles. The maximum absolute atomic E-state index is 12.3. The lowest BCUT2D eigenvalue weighted by atomic mass is 10.2. The normalized spacial score (nSPS) is 24.8. The summed E-state index contributed by atoms with van der Waals surface area (Å²) in [7, 11) is -5.61. The molecule has 0 fully saturated rings. The van der Waals surface area contributed by atoms with Crippen molar-refractivity contribution in [2.45, 2.75) is 50.5 Å². The predicted molar refractivity (Wildman–Crippen MR) is 67.2 cm³/mol. The van der Waals surface area contributed by atoms with E-state index in [0.717, 1.165) is 6.42 Å². The van der Waals surface area contributed by atoms with E-state index >= 15 is 0 Å². The molecule has 1 N–H and O–H groups in total. The Kier molecular flexibility index (Phi) is 5.91. The maximum Gasteiger partial charge on any atom is 0.534 e. The second-order valence-corrected chi connectivity index (χ2v) is 6.02. The molecule has 0 aromatic carbocycles. The number of rotatable bonds is 2. The van der Waals surface area contributed by atoms with Gasteiger partial charge in [-0.3, -0.25) is 0 Å². The van der Waals surface area contributed by atoms with Crippen molar-refractivity contribution in [1.82, 2.24) is 0 Å². The fourth-order valence-electron chi connectivity index (χ4n) is 1.73. The Morgan fingerprint density at radius 3 is 2.25 bits per heavy atom. The van der Waals surface area contributed by atoms with E-state index in [-0.39, 0.29) is 24.4 Å². The Bertz CT molecular complexity index is 477. The van der Waals surface area contributed by atoms with Crippen LogP contribution in [0.15, 0.2) is 23.7 Å². The van der Waals surface area contributed by atoms with E-state index in [2.05, 4.69) is 4.18 Å². The van der Waals surface area contributed by atoms with Crippen LogP contribution in [0, 0.1) is 0 Å². The number of halogens is 3. The summed E-state index contributed by atoms with van der Waals surface area (Å²) in [5, 5.41) is 9.47. The summed E-state index contributed by atoms with van der Waals surface area (Å²) >= 11 is 0. The van der Waals surface area contributed by atoms with Crippen LogP contribution in [0.25, 0.3) is 0 Å². The summed E-state index contributed by atoms with van der Waals surface area (Å²) in [5.74, 6) is -0.0399. The van der Waals surface area contributed by atoms with Crippen LogP contribution in [0.5, 0.6) is 0 Å². The summed E-state index contributed by atoms with van der Waals surface area (Å²) in [4.78, 5) is 0. The molecule has 1 aliphatic carbocycles. The van der Waals surface area contributed by atoms with E-state index in [1.807, 2.05) is 0 Å². The largest absolute Gasteiger partial charge is 0.534 e. The Labute approximate surface area is 116 Å². The van der Waals surface area contributed by atoms with Crippen LogP contribution < -0.4 is 0 Å². The van der Waals surface area contributed by atoms with Crippen LogP contribution in [0.2, 0.25) is 0 Å². The molecular formula is C12H17F3O4S. The molecule has 0 aromatic heterocycles. The number of alkyl halides is 3. The highest BCUT2D eigenvalue weighted by molar-refractivity contribution is 7.87. The lowest BCUT2D eigenvalue weighted by molar-refractivity contribution is -0.0523. The van der Waals surface area contributed by atoms with Crippen LogP contribution in [-0.4, -0.2) is 19.0 Å². The average molecular weight is 314 g/mol. The molecule has 0 saturated heterocycles. The Morgan fingerprint density at radius 2 is 1.65 bits per heavy atom. The topological polar surface area (TPSA) is 63.6 Å². The van der Waals surface area contributed by atoms with Gasteiger partial charge in [0.2, 0.25) is 0 Å². The van der Waals surface area contributed by atoms with Gasteiger partial charge in [-0.25, -0.2) is 0 Å². The average Bonchev–Trinajstić information content (AvgIpc) is 2.34. The smallest absolute Gasteiger partial charge is 0.513 e. The first-order chi connectivity index (χ1) is 9.22. The van der Waals surface area contributed by atoms with E-state index in [1.165, 1.54) is 6.08 Å². The van der Waals surface area contributed by atoms with Gasteiger partial charge in [0.25, 0.3) is 0 Å². The molecule has 4 nitrogen and oxygen atoms in total. The molecule has 0 aliphatic heterocycles. The molecule has 8 heteroatoms. The highest BCUT2D eigenvalue weighted by atomic mass is 32.2. The van der Waals surface area contributed by atoms with E-state index < -0.39 is 15.6 Å². The minimum Gasteiger partial charge on any atom is -0.513 e. The molecule has 0 aromatic rings. The van der Waals surface area contributed by atoms with Crippen molar-refractivity contribution in [2.75, 3.05) is 0 Å². The molecule has 20 heavy (non-hydrogen) atoms. The zero-order valence-corrected chi connectivity index (χ0v) is 11.6. The van der Waals surface area contributed by atoms with Gasteiger partial charge in [-0.1, -0.05) is 0 Å². The standard InChI is InChI=1S/C12H17F3O4S/c13-12(14,15)20(17,18)19-11-8-4-2-1-3-6-10(16)7-5-9-11/h6,8,16H,1-5,7,9H2/b10-6+,11-8+. The first kappa shape index (κ1) is 16.9. The van der Waals surface area contributed by atoms with Crippen LogP contribution in [0.4, 0.5) is 13.2 Å². The van der Waals surface area contributed by atoms with Gasteiger partial charge in [0.1, 0.15) is 5.76 Å². The molecule has 0 saturated carbocycles. The van der Waals surface area contributed by atoms with Crippen LogP contribution >= 0.6 is 0 Å². The minimum atomic E-state index is -5.61. The number of allylic oxidation sites excluding steroid dienone is 4. The molecule has 0 bridgehead atoms. The second-order valence-electron chi connectivity index (χ2n) is 4.49. The highest BCUT2D eigenvalue weighted by Gasteiger charge is 2.48. The van der Waals surface area contributed by atoms with Crippen molar-refractivity contribution >= 4 is 10.1 Å². The number of aliphatic hydroxyl groups is 1. The zero-order chi connectivity index (χ0) is 15.2. The SMILES string of the molecule is O=S(=O)(O/C1=C/CCCC/C=C(/O)CCC1)C(F)(F)F. The molecule has 1 rings (SSSR count). The minimum absolute atomic E-state index is 0.0349. The van der Waals surface area contributed by atoms with E-state index in [0.29, 0.717) is 25.7 Å². The number of hydrogen-bond acceptors (Lipinski definition) is 4. The molecular weight excluding hydrogens is 297 g/mol. The van der Waals surface area contributed by atoms with Gasteiger partial charge < -0.3 is 9.29 Å². The Balaban J connectivity index is 2.76. The number of aliphatic hydroxyl groups excluding tert-OH is 1. The molecule has 0 unspecified atom stereocenters. The molecule has 1 aliphatic rings. The van der Waals surface area contributed by atoms with Crippen LogP contribution in [-0.2, 0) is 14.3 Å². The summed E-state index contributed by atoms with van der Waals surface area (Å²) < 4.78 is 62.8. The third-order valence-electron chi connectivity index (χ3n) is 2.77. The molecule has 0 spiro atoms. The molecule has 0 amide bonds. The van der Waals surface area contributed by atoms with Gasteiger partial charge in [0.15, 0.2) is 0 Å². The van der Waals surface area contributed by atoms with Gasteiger partial charge in [-0.05, 0) is 44.3 Å². The first-order valence-electron chi connectivity index (χ1n) is 6.30. The van der Waals surface area contributed by atoms with Crippen molar-refractivity contribution < 1.29 is 30.9 Å². The van der Waals surface area contributed by atoms with Gasteiger partial charge in [-0.15, -0.1) is 0 Å². The summed E-state index contributed by atoms with van der Waals surface area (Å²) in [6, 6.07) is 0. The van der Waals surface area contributed by atoms with Crippen LogP contribution in [0.3, 0.4) is 0 Å². The van der Waals surface area contributed by atoms with Gasteiger partial charge in [0, 0.05) is 12.8 Å². The quantitative estimate of drug-likeness (QED) is 0.620. The van der Waals surface area contributed by atoms with Crippen molar-refractivity contribution in [2.24, 2.45) is 0 Å². The zero-order valence-electron chi connectivity index (χ0n) is 10.8. The van der Waals surface area contributed by atoms with Gasteiger partial charge in [0.05, 0.1) is 5.76 Å². The summed E-state index contributed by atoms with van der Waals surface area (Å²) in [6.07, 6.45) is 6.28. The Hall–Kier alpha value is -1.18. The lowest BCUT2D eigenvalue weighted by Crippen LogP contribution is -2.25. The second kappa shape index (κ2) is 7.01. The third kappa shape index (κ3) is 5.44. The first-order valence-corrected chi connectivity index (χ1v) is 7.71. The van der Waals surface area contributed by atoms with E-state index in [1.54, 1.807) is 6.08 Å². The fraction of sp³-hybridized carbons (Fsp3) is 0.667. The lowest BCUT2D eigenvalue weighted by Gasteiger charge is -2.12. The van der Waals surface area contributed by atoms with E-state index in [4.69, 9.17) is 0 Å². The van der Waals surface area contributed by atoms with Gasteiger partial charge >= 0.3 is 15.6 Å². The highest BCUT2D eigenvalue weighted by Crippen LogP contribution is 2.28. The van der Waals surface area contributed by atoms with Crippen LogP contribution in [0.1, 0.15) is 44.9 Å². The fourth-order valence-corrected chi connectivity index (χ4v) is 2.26. The molecule has 0 atom stereocenters. The van der Waals surface area contributed by atoms with E-state index in [9.17, 15) is 26.7 Å². The summed E-state index contributed by atoms with van der Waals surface area (Å²) in [6.45, 7) is 0. The van der Waals surface area contributed by atoms with Crippen molar-refractivity contribution in [3.05, 3.63) is 23.7 Å². The monoisotopic (exact) mass is 314 g/mol.